The van der Waals surface area contributed by atoms with E-state index in [0.29, 0.717) is 19.0 Å². The number of ether oxygens (including phenoxy) is 3. The van der Waals surface area contributed by atoms with E-state index in [2.05, 4.69) is 0 Å². The van der Waals surface area contributed by atoms with E-state index in [9.17, 15) is 9.59 Å². The molecule has 0 radical (unpaired) electrons. The number of hydrogen-bond acceptors (Lipinski definition) is 5. The van der Waals surface area contributed by atoms with Gasteiger partial charge in [-0.15, -0.1) is 0 Å². The first kappa shape index (κ1) is 21.2. The second-order valence-electron chi connectivity index (χ2n) is 9.18. The topological polar surface area (TPSA) is 61.8 Å². The zero-order valence-electron chi connectivity index (χ0n) is 16.2. The Bertz CT molecular complexity index is 633. The molecule has 4 rings (SSSR count). The van der Waals surface area contributed by atoms with Gasteiger partial charge in [0.1, 0.15) is 12.6 Å². The van der Waals surface area contributed by atoms with Crippen LogP contribution in [0, 0.1) is 11.8 Å². The van der Waals surface area contributed by atoms with Gasteiger partial charge in [-0.3, -0.25) is 4.79 Å². The number of rotatable bonds is 1. The van der Waals surface area contributed by atoms with Crippen molar-refractivity contribution in [2.45, 2.75) is 69.8 Å². The van der Waals surface area contributed by atoms with Crippen molar-refractivity contribution >= 4 is 23.5 Å². The quantitative estimate of drug-likeness (QED) is 0.240. The number of esters is 2. The fraction of sp³-hybridized carbons (Fsp3) is 0.895. The predicted molar refractivity (Wildman–Crippen MR) is 94.4 cm³/mol. The van der Waals surface area contributed by atoms with Crippen LogP contribution in [0.5, 0.6) is 0 Å². The molecule has 7 atom stereocenters. The molecule has 6 nitrogen and oxygen atoms in total. The van der Waals surface area contributed by atoms with Crippen molar-refractivity contribution in [2.24, 2.45) is 11.8 Å². The first-order chi connectivity index (χ1) is 12.2. The highest BCUT2D eigenvalue weighted by molar-refractivity contribution is 6.17. The molecule has 0 saturated carbocycles. The highest BCUT2D eigenvalue weighted by Crippen LogP contribution is 2.47. The number of carbonyl (C=O) groups excluding carboxylic acids is 2. The Kier molecular flexibility index (Phi) is 5.52. The summed E-state index contributed by atoms with van der Waals surface area (Å²) >= 11 is 6.33. The SMILES string of the molecule is C[C@@H]1C[C@]2(C)CC(=O)O[C@@H]3CC[N@+]4(CCl)CC[C@H](COC(=O)[C@@]1(C)O2)[C@H]34.[Cl-]. The Morgan fingerprint density at radius 1 is 1.22 bits per heavy atom. The summed E-state index contributed by atoms with van der Waals surface area (Å²) in [5, 5.41) is 0. The summed E-state index contributed by atoms with van der Waals surface area (Å²) < 4.78 is 18.6. The van der Waals surface area contributed by atoms with Crippen LogP contribution in [0.15, 0.2) is 0 Å². The Morgan fingerprint density at radius 3 is 2.63 bits per heavy atom. The van der Waals surface area contributed by atoms with Crippen molar-refractivity contribution in [3.63, 3.8) is 0 Å². The third-order valence-corrected chi connectivity index (χ3v) is 7.79. The molecule has 2 bridgehead atoms. The van der Waals surface area contributed by atoms with Gasteiger partial charge < -0.3 is 31.1 Å². The van der Waals surface area contributed by atoms with Gasteiger partial charge in [-0.2, -0.15) is 0 Å². The van der Waals surface area contributed by atoms with E-state index in [1.54, 1.807) is 6.92 Å². The number of carbonyl (C=O) groups is 2. The van der Waals surface area contributed by atoms with Crippen molar-refractivity contribution < 1.29 is 40.7 Å². The molecule has 0 spiro atoms. The lowest BCUT2D eigenvalue weighted by Crippen LogP contribution is -3.00. The van der Waals surface area contributed by atoms with Crippen molar-refractivity contribution in [3.8, 4) is 0 Å². The molecule has 0 N–H and O–H groups in total. The summed E-state index contributed by atoms with van der Waals surface area (Å²) in [4.78, 5) is 25.6. The zero-order chi connectivity index (χ0) is 18.7. The van der Waals surface area contributed by atoms with Crippen LogP contribution in [0.4, 0.5) is 0 Å². The van der Waals surface area contributed by atoms with Gasteiger partial charge in [0.2, 0.25) is 0 Å². The van der Waals surface area contributed by atoms with Crippen molar-refractivity contribution in [1.29, 1.82) is 0 Å². The molecule has 4 saturated heterocycles. The molecule has 27 heavy (non-hydrogen) atoms. The maximum absolute atomic E-state index is 12.9. The van der Waals surface area contributed by atoms with Crippen LogP contribution in [-0.4, -0.2) is 65.5 Å². The molecule has 4 aliphatic rings. The fourth-order valence-corrected chi connectivity index (χ4v) is 6.26. The predicted octanol–water partition coefficient (Wildman–Crippen LogP) is -0.772. The third-order valence-electron chi connectivity index (χ3n) is 7.31. The molecule has 8 heteroatoms. The highest BCUT2D eigenvalue weighted by atomic mass is 35.5. The maximum atomic E-state index is 12.9. The molecule has 4 heterocycles. The van der Waals surface area contributed by atoms with Crippen molar-refractivity contribution in [2.75, 3.05) is 25.7 Å². The number of alkyl halides is 1. The summed E-state index contributed by atoms with van der Waals surface area (Å²) in [5.74, 6) is -0.394. The molecule has 4 aliphatic heterocycles. The molecule has 0 aromatic carbocycles. The van der Waals surface area contributed by atoms with E-state index in [4.69, 9.17) is 25.8 Å². The number of fused-ring (bicyclic) bond motifs is 2. The minimum atomic E-state index is -1.01. The van der Waals surface area contributed by atoms with Gasteiger partial charge in [-0.1, -0.05) is 18.5 Å². The molecule has 154 valence electrons. The zero-order valence-corrected chi connectivity index (χ0v) is 17.7. The van der Waals surface area contributed by atoms with E-state index in [1.165, 1.54) is 0 Å². The minimum Gasteiger partial charge on any atom is -1.00 e. The van der Waals surface area contributed by atoms with Crippen LogP contribution in [0.3, 0.4) is 0 Å². The lowest BCUT2D eigenvalue weighted by Gasteiger charge is -2.36. The normalized spacial score (nSPS) is 49.3. The third kappa shape index (κ3) is 3.26. The molecule has 0 amide bonds. The largest absolute Gasteiger partial charge is 1.00 e. The van der Waals surface area contributed by atoms with Crippen LogP contribution < -0.4 is 12.4 Å². The lowest BCUT2D eigenvalue weighted by molar-refractivity contribution is -0.920. The lowest BCUT2D eigenvalue weighted by atomic mass is 9.86. The van der Waals surface area contributed by atoms with Crippen LogP contribution in [-0.2, 0) is 23.8 Å². The van der Waals surface area contributed by atoms with Crippen LogP contribution in [0.1, 0.15) is 46.5 Å². The van der Waals surface area contributed by atoms with Gasteiger partial charge in [-0.05, 0) is 26.2 Å². The Morgan fingerprint density at radius 2 is 1.93 bits per heavy atom. The van der Waals surface area contributed by atoms with Gasteiger partial charge in [0.15, 0.2) is 17.7 Å². The second-order valence-corrected chi connectivity index (χ2v) is 9.42. The van der Waals surface area contributed by atoms with Gasteiger partial charge >= 0.3 is 11.9 Å². The van der Waals surface area contributed by atoms with Gasteiger partial charge in [0, 0.05) is 12.8 Å². The average molecular weight is 422 g/mol. The molecular weight excluding hydrogens is 393 g/mol. The van der Waals surface area contributed by atoms with Crippen molar-refractivity contribution in [1.82, 2.24) is 0 Å². The number of quaternary nitrogens is 1. The maximum Gasteiger partial charge on any atom is 0.338 e. The summed E-state index contributed by atoms with van der Waals surface area (Å²) in [6.45, 7) is 7.87. The van der Waals surface area contributed by atoms with E-state index < -0.39 is 11.2 Å². The van der Waals surface area contributed by atoms with E-state index in [1.807, 2.05) is 13.8 Å². The number of cyclic esters (lactones) is 1. The summed E-state index contributed by atoms with van der Waals surface area (Å²) in [6, 6.07) is 0.638. The molecule has 0 aromatic heterocycles. The first-order valence-electron chi connectivity index (χ1n) is 9.70. The minimum absolute atomic E-state index is 0. The monoisotopic (exact) mass is 421 g/mol. The van der Waals surface area contributed by atoms with Crippen LogP contribution in [0.25, 0.3) is 0 Å². The van der Waals surface area contributed by atoms with Crippen LogP contribution in [0.2, 0.25) is 0 Å². The summed E-state index contributed by atoms with van der Waals surface area (Å²) in [5.41, 5.74) is -1.71. The van der Waals surface area contributed by atoms with Crippen molar-refractivity contribution in [3.05, 3.63) is 0 Å². The number of nitrogens with zero attached hydrogens (tertiary/aromatic N) is 1. The number of hydrogen-bond donors (Lipinski definition) is 0. The molecule has 0 unspecified atom stereocenters. The van der Waals surface area contributed by atoms with Gasteiger partial charge in [0.05, 0.1) is 31.0 Å². The molecule has 4 fully saturated rings. The van der Waals surface area contributed by atoms with Gasteiger partial charge in [0.25, 0.3) is 0 Å². The Hall–Kier alpha value is -0.560. The van der Waals surface area contributed by atoms with E-state index in [0.717, 1.165) is 30.4 Å². The number of halogens is 2. The van der Waals surface area contributed by atoms with Crippen LogP contribution >= 0.6 is 11.6 Å². The standard InChI is InChI=1S/C19H29ClNO5.ClH/c1-12-8-18(2)9-15(22)25-14-5-7-21(11-20)6-4-13(16(14)21)10-24-17(23)19(12,3)26-18;/h12-14,16H,4-11H2,1-3H3;1H/q+1;/p-1/t12-,13-,14-,16-,18-,19+,21+;/m1./s1. The molecule has 0 aromatic rings. The summed E-state index contributed by atoms with van der Waals surface area (Å²) in [7, 11) is 0. The summed E-state index contributed by atoms with van der Waals surface area (Å²) in [6.07, 6.45) is 2.39. The Labute approximate surface area is 171 Å². The fourth-order valence-electron chi connectivity index (χ4n) is 5.86. The smallest absolute Gasteiger partial charge is 0.338 e. The molecular formula is C19H29Cl2NO5. The van der Waals surface area contributed by atoms with E-state index >= 15 is 0 Å². The first-order valence-corrected chi connectivity index (χ1v) is 10.2. The van der Waals surface area contributed by atoms with E-state index in [-0.39, 0.29) is 54.7 Å². The Balaban J connectivity index is 0.00000210. The average Bonchev–Trinajstić information content (AvgIpc) is 3.16. The van der Waals surface area contributed by atoms with Gasteiger partial charge in [-0.25, -0.2) is 4.79 Å². The second kappa shape index (κ2) is 7.05. The highest BCUT2D eigenvalue weighted by Gasteiger charge is 2.60. The molecule has 0 aliphatic carbocycles.